The van der Waals surface area contributed by atoms with Crippen LogP contribution in [0.1, 0.15) is 54.1 Å². The SMILES string of the molecule is O=C(O)c1cc(Cc2ccc(O)cc2)ccc1O.O=C(O)c1cc(Cc2ccc(O)cc2)ccc1Oc1ccc(Cc2ccc(O)cc2)cc1. The molecule has 0 atom stereocenters. The van der Waals surface area contributed by atoms with Crippen LogP contribution in [0.3, 0.4) is 0 Å². The number of carboxylic acids is 2. The van der Waals surface area contributed by atoms with Gasteiger partial charge in [0.1, 0.15) is 45.6 Å². The molecular formula is C41H34O9. The molecular weight excluding hydrogens is 636 g/mol. The quantitative estimate of drug-likeness (QED) is 0.0843. The van der Waals surface area contributed by atoms with E-state index >= 15 is 0 Å². The van der Waals surface area contributed by atoms with Gasteiger partial charge in [0, 0.05) is 0 Å². The first kappa shape index (κ1) is 34.6. The van der Waals surface area contributed by atoms with Crippen molar-refractivity contribution in [2.75, 3.05) is 0 Å². The molecule has 0 saturated heterocycles. The Kier molecular flexibility index (Phi) is 11.0. The lowest BCUT2D eigenvalue weighted by Gasteiger charge is -2.11. The standard InChI is InChI=1S/C27H22O5.C14H12O4/c28-22-8-1-18(2-9-22)15-20-5-12-24(13-6-20)32-26-14-7-21(17-25(26)27(30)31)16-19-3-10-23(29)11-4-19;15-11-4-1-9(2-5-11)7-10-3-6-13(16)12(8-10)14(17)18/h1-14,17,28-29H,15-16H2,(H,30,31);1-6,8,15-16H,7H2,(H,17,18). The van der Waals surface area contributed by atoms with Gasteiger partial charge in [0.15, 0.2) is 0 Å². The molecule has 6 aromatic carbocycles. The zero-order valence-corrected chi connectivity index (χ0v) is 26.7. The Hall–Kier alpha value is -6.74. The van der Waals surface area contributed by atoms with Crippen LogP contribution in [-0.4, -0.2) is 42.6 Å². The average molecular weight is 671 g/mol. The number of carbonyl (C=O) groups is 2. The number of hydrogen-bond acceptors (Lipinski definition) is 7. The van der Waals surface area contributed by atoms with Crippen LogP contribution in [0.5, 0.6) is 34.5 Å². The van der Waals surface area contributed by atoms with Crippen molar-refractivity contribution in [3.05, 3.63) is 178 Å². The summed E-state index contributed by atoms with van der Waals surface area (Å²) in [5, 5.41) is 55.9. The number of ether oxygens (including phenoxy) is 1. The van der Waals surface area contributed by atoms with Gasteiger partial charge in [0.25, 0.3) is 0 Å². The van der Waals surface area contributed by atoms with E-state index in [0.717, 1.165) is 33.4 Å². The Balaban J connectivity index is 0.000000228. The fourth-order valence-corrected chi connectivity index (χ4v) is 5.16. The summed E-state index contributed by atoms with van der Waals surface area (Å²) in [5.41, 5.74) is 5.69. The molecule has 6 N–H and O–H groups in total. The van der Waals surface area contributed by atoms with E-state index in [2.05, 4.69) is 0 Å². The molecule has 0 heterocycles. The maximum atomic E-state index is 11.8. The summed E-state index contributed by atoms with van der Waals surface area (Å²) in [4.78, 5) is 22.7. The van der Waals surface area contributed by atoms with Crippen LogP contribution in [0.2, 0.25) is 0 Å². The maximum Gasteiger partial charge on any atom is 0.339 e. The van der Waals surface area contributed by atoms with Crippen LogP contribution in [0, 0.1) is 0 Å². The van der Waals surface area contributed by atoms with Gasteiger partial charge in [0.05, 0.1) is 0 Å². The molecule has 6 aromatic rings. The molecule has 0 fully saturated rings. The van der Waals surface area contributed by atoms with Gasteiger partial charge in [-0.2, -0.15) is 0 Å². The van der Waals surface area contributed by atoms with Crippen molar-refractivity contribution in [2.45, 2.75) is 19.3 Å². The van der Waals surface area contributed by atoms with Crippen molar-refractivity contribution >= 4 is 11.9 Å². The van der Waals surface area contributed by atoms with Crippen molar-refractivity contribution in [1.29, 1.82) is 0 Å². The van der Waals surface area contributed by atoms with E-state index in [0.29, 0.717) is 25.0 Å². The summed E-state index contributed by atoms with van der Waals surface area (Å²) in [5.74, 6) is -1.01. The molecule has 6 rings (SSSR count). The van der Waals surface area contributed by atoms with Gasteiger partial charge in [0.2, 0.25) is 0 Å². The molecule has 0 aliphatic heterocycles. The Bertz CT molecular complexity index is 2070. The van der Waals surface area contributed by atoms with Gasteiger partial charge in [-0.25, -0.2) is 9.59 Å². The van der Waals surface area contributed by atoms with Gasteiger partial charge in [-0.15, -0.1) is 0 Å². The van der Waals surface area contributed by atoms with Crippen LogP contribution in [0.15, 0.2) is 133 Å². The Morgan fingerprint density at radius 2 is 0.760 bits per heavy atom. The van der Waals surface area contributed by atoms with E-state index in [-0.39, 0.29) is 39.9 Å². The summed E-state index contributed by atoms with van der Waals surface area (Å²) < 4.78 is 5.87. The number of hydrogen-bond donors (Lipinski definition) is 6. The molecule has 0 bridgehead atoms. The lowest BCUT2D eigenvalue weighted by atomic mass is 10.0. The molecule has 0 saturated carbocycles. The van der Waals surface area contributed by atoms with Gasteiger partial charge in [-0.05, 0) is 125 Å². The molecule has 0 unspecified atom stereocenters. The zero-order valence-electron chi connectivity index (χ0n) is 26.7. The topological polar surface area (TPSA) is 165 Å². The van der Waals surface area contributed by atoms with Gasteiger partial charge in [-0.3, -0.25) is 0 Å². The molecule has 50 heavy (non-hydrogen) atoms. The number of aromatic carboxylic acids is 2. The summed E-state index contributed by atoms with van der Waals surface area (Å²) >= 11 is 0. The fraction of sp³-hybridized carbons (Fsp3) is 0.0732. The largest absolute Gasteiger partial charge is 0.508 e. The second-order valence-electron chi connectivity index (χ2n) is 11.6. The Morgan fingerprint density at radius 3 is 1.18 bits per heavy atom. The highest BCUT2D eigenvalue weighted by Gasteiger charge is 2.14. The van der Waals surface area contributed by atoms with Crippen molar-refractivity contribution in [3.63, 3.8) is 0 Å². The lowest BCUT2D eigenvalue weighted by Crippen LogP contribution is -2.02. The highest BCUT2D eigenvalue weighted by Crippen LogP contribution is 2.28. The normalized spacial score (nSPS) is 10.5. The second kappa shape index (κ2) is 15.9. The van der Waals surface area contributed by atoms with Crippen LogP contribution >= 0.6 is 0 Å². The van der Waals surface area contributed by atoms with Crippen LogP contribution in [0.25, 0.3) is 0 Å². The molecule has 0 spiro atoms. The predicted octanol–water partition coefficient (Wildman–Crippen LogP) is 8.16. The molecule has 252 valence electrons. The van der Waals surface area contributed by atoms with Gasteiger partial charge in [-0.1, -0.05) is 60.7 Å². The van der Waals surface area contributed by atoms with Crippen molar-refractivity contribution < 1.29 is 45.0 Å². The number of benzene rings is 6. The molecule has 0 aromatic heterocycles. The van der Waals surface area contributed by atoms with Crippen LogP contribution in [0.4, 0.5) is 0 Å². The van der Waals surface area contributed by atoms with E-state index in [4.69, 9.17) is 14.9 Å². The fourth-order valence-electron chi connectivity index (χ4n) is 5.16. The number of carboxylic acid groups (broad SMARTS) is 2. The molecule has 9 nitrogen and oxygen atoms in total. The van der Waals surface area contributed by atoms with Crippen LogP contribution in [-0.2, 0) is 19.3 Å². The number of rotatable bonds is 10. The van der Waals surface area contributed by atoms with E-state index in [1.54, 1.807) is 78.9 Å². The molecule has 0 aliphatic carbocycles. The smallest absolute Gasteiger partial charge is 0.339 e. The molecule has 0 radical (unpaired) electrons. The summed E-state index contributed by atoms with van der Waals surface area (Å²) in [6.45, 7) is 0. The summed E-state index contributed by atoms with van der Waals surface area (Å²) in [6.07, 6.45) is 1.81. The third-order valence-corrected chi connectivity index (χ3v) is 7.75. The Labute approximate surface area is 288 Å². The second-order valence-corrected chi connectivity index (χ2v) is 11.6. The van der Waals surface area contributed by atoms with Gasteiger partial charge >= 0.3 is 11.9 Å². The van der Waals surface area contributed by atoms with Crippen LogP contribution < -0.4 is 4.74 Å². The minimum atomic E-state index is -1.15. The van der Waals surface area contributed by atoms with E-state index < -0.39 is 11.9 Å². The van der Waals surface area contributed by atoms with E-state index in [1.807, 2.05) is 42.5 Å². The van der Waals surface area contributed by atoms with E-state index in [1.165, 1.54) is 12.1 Å². The Morgan fingerprint density at radius 1 is 0.420 bits per heavy atom. The van der Waals surface area contributed by atoms with Crippen molar-refractivity contribution in [2.24, 2.45) is 0 Å². The lowest BCUT2D eigenvalue weighted by molar-refractivity contribution is 0.0682. The predicted molar refractivity (Wildman–Crippen MR) is 188 cm³/mol. The minimum absolute atomic E-state index is 0.0921. The first-order valence-electron chi connectivity index (χ1n) is 15.5. The molecule has 0 aliphatic rings. The third-order valence-electron chi connectivity index (χ3n) is 7.75. The van der Waals surface area contributed by atoms with Crippen molar-refractivity contribution in [1.82, 2.24) is 0 Å². The maximum absolute atomic E-state index is 11.8. The minimum Gasteiger partial charge on any atom is -0.508 e. The third kappa shape index (κ3) is 9.65. The number of aromatic hydroxyl groups is 4. The van der Waals surface area contributed by atoms with Gasteiger partial charge < -0.3 is 35.4 Å². The highest BCUT2D eigenvalue weighted by molar-refractivity contribution is 5.91. The highest BCUT2D eigenvalue weighted by atomic mass is 16.5. The number of phenols is 4. The summed E-state index contributed by atoms with van der Waals surface area (Å²) in [6, 6.07) is 37.7. The van der Waals surface area contributed by atoms with E-state index in [9.17, 15) is 30.0 Å². The summed E-state index contributed by atoms with van der Waals surface area (Å²) in [7, 11) is 0. The average Bonchev–Trinajstić information content (AvgIpc) is 3.10. The zero-order chi connectivity index (χ0) is 35.6. The first-order valence-corrected chi connectivity index (χ1v) is 15.5. The monoisotopic (exact) mass is 670 g/mol. The van der Waals surface area contributed by atoms with Crippen molar-refractivity contribution in [3.8, 4) is 34.5 Å². The first-order chi connectivity index (χ1) is 24.0. The number of phenolic OH excluding ortho intramolecular Hbond substituents is 3. The molecule has 9 heteroatoms. The molecule has 0 amide bonds.